The zero-order valence-corrected chi connectivity index (χ0v) is 22.4. The standard InChI is InChI=1S/C30H52O3/c1-20-21(33)7-8-22-26(20,3)10-9-23-27(22,4)12-13-29(6)24-17-25(2,18-31)11-15-30(24,19-32)16-14-28(23,29)5/h20-24,31-33H,7-19H2,1-6H3/t20-,21+,22+,23-,24-,25+,26+,27-,28+,29-,30+/m0/s1. The molecule has 5 rings (SSSR count). The summed E-state index contributed by atoms with van der Waals surface area (Å²) in [6, 6.07) is 0. The van der Waals surface area contributed by atoms with Gasteiger partial charge in [-0.1, -0.05) is 41.5 Å². The third-order valence-corrected chi connectivity index (χ3v) is 14.3. The molecule has 5 aliphatic carbocycles. The van der Waals surface area contributed by atoms with Crippen LogP contribution in [0.15, 0.2) is 0 Å². The summed E-state index contributed by atoms with van der Waals surface area (Å²) < 4.78 is 0. The zero-order valence-electron chi connectivity index (χ0n) is 22.4. The van der Waals surface area contributed by atoms with Crippen LogP contribution in [0.25, 0.3) is 0 Å². The van der Waals surface area contributed by atoms with Gasteiger partial charge in [0.15, 0.2) is 0 Å². The van der Waals surface area contributed by atoms with Crippen molar-refractivity contribution in [1.82, 2.24) is 0 Å². The minimum absolute atomic E-state index is 0.00538. The van der Waals surface area contributed by atoms with E-state index in [0.29, 0.717) is 29.8 Å². The SMILES string of the molecule is C[C@H]1[C@H](O)CC[C@@H]2[C@]1(C)CC[C@H]1[C@@]2(C)CC[C@@]2(C)[C@@H]3C[C@](C)(CO)CC[C@]3(CO)CC[C@]12C. The molecule has 33 heavy (non-hydrogen) atoms. The van der Waals surface area contributed by atoms with Crippen molar-refractivity contribution in [2.75, 3.05) is 13.2 Å². The fourth-order valence-corrected chi connectivity index (χ4v) is 11.5. The number of rotatable bonds is 2. The maximum absolute atomic E-state index is 10.8. The maximum Gasteiger partial charge on any atom is 0.0571 e. The minimum atomic E-state index is -0.130. The number of fused-ring (bicyclic) bond motifs is 7. The lowest BCUT2D eigenvalue weighted by Gasteiger charge is -2.75. The molecule has 0 aliphatic heterocycles. The Kier molecular flexibility index (Phi) is 5.55. The van der Waals surface area contributed by atoms with Crippen LogP contribution >= 0.6 is 0 Å². The van der Waals surface area contributed by atoms with Crippen LogP contribution in [-0.2, 0) is 0 Å². The van der Waals surface area contributed by atoms with E-state index >= 15 is 0 Å². The quantitative estimate of drug-likeness (QED) is 0.460. The Bertz CT molecular complexity index is 783. The highest BCUT2D eigenvalue weighted by molar-refractivity contribution is 5.20. The first-order chi connectivity index (χ1) is 15.3. The van der Waals surface area contributed by atoms with Crippen LogP contribution in [0.5, 0.6) is 0 Å². The van der Waals surface area contributed by atoms with Gasteiger partial charge >= 0.3 is 0 Å². The van der Waals surface area contributed by atoms with Crippen molar-refractivity contribution in [3.8, 4) is 0 Å². The van der Waals surface area contributed by atoms with E-state index in [1.54, 1.807) is 0 Å². The Morgan fingerprint density at radius 1 is 0.636 bits per heavy atom. The molecular weight excluding hydrogens is 408 g/mol. The fraction of sp³-hybridized carbons (Fsp3) is 1.00. The molecule has 0 heterocycles. The Morgan fingerprint density at radius 2 is 1.27 bits per heavy atom. The number of hydrogen-bond acceptors (Lipinski definition) is 3. The molecule has 11 atom stereocenters. The van der Waals surface area contributed by atoms with E-state index in [0.717, 1.165) is 38.0 Å². The summed E-state index contributed by atoms with van der Waals surface area (Å²) >= 11 is 0. The van der Waals surface area contributed by atoms with Crippen LogP contribution in [0.2, 0.25) is 0 Å². The predicted molar refractivity (Wildman–Crippen MR) is 134 cm³/mol. The molecule has 0 aromatic rings. The lowest BCUT2D eigenvalue weighted by atomic mass is 9.30. The molecule has 3 nitrogen and oxygen atoms in total. The first-order valence-corrected chi connectivity index (χ1v) is 14.2. The van der Waals surface area contributed by atoms with Gasteiger partial charge in [-0.15, -0.1) is 0 Å². The van der Waals surface area contributed by atoms with Gasteiger partial charge in [-0.25, -0.2) is 0 Å². The molecule has 0 bridgehead atoms. The summed E-state index contributed by atoms with van der Waals surface area (Å²) in [5.74, 6) is 2.34. The molecule has 5 fully saturated rings. The van der Waals surface area contributed by atoms with E-state index in [2.05, 4.69) is 41.5 Å². The third-order valence-electron chi connectivity index (χ3n) is 14.3. The van der Waals surface area contributed by atoms with Crippen molar-refractivity contribution in [3.63, 3.8) is 0 Å². The highest BCUT2D eigenvalue weighted by Crippen LogP contribution is 2.78. The molecule has 3 heteroatoms. The first-order valence-electron chi connectivity index (χ1n) is 14.2. The van der Waals surface area contributed by atoms with E-state index in [1.165, 1.54) is 38.5 Å². The summed E-state index contributed by atoms with van der Waals surface area (Å²) in [5, 5.41) is 31.8. The van der Waals surface area contributed by atoms with E-state index < -0.39 is 0 Å². The van der Waals surface area contributed by atoms with Gasteiger partial charge in [0.1, 0.15) is 0 Å². The van der Waals surface area contributed by atoms with Crippen LogP contribution in [0, 0.1) is 56.2 Å². The van der Waals surface area contributed by atoms with Gasteiger partial charge < -0.3 is 15.3 Å². The summed E-state index contributed by atoms with van der Waals surface area (Å²) in [7, 11) is 0. The molecule has 0 aromatic heterocycles. The smallest absolute Gasteiger partial charge is 0.0571 e. The van der Waals surface area contributed by atoms with Gasteiger partial charge in [0.05, 0.1) is 6.10 Å². The zero-order chi connectivity index (χ0) is 24.1. The van der Waals surface area contributed by atoms with Crippen molar-refractivity contribution < 1.29 is 15.3 Å². The van der Waals surface area contributed by atoms with Crippen molar-refractivity contribution in [1.29, 1.82) is 0 Å². The molecule has 0 saturated heterocycles. The molecule has 5 aliphatic rings. The van der Waals surface area contributed by atoms with Crippen molar-refractivity contribution in [2.45, 2.75) is 118 Å². The maximum atomic E-state index is 10.8. The first kappa shape index (κ1) is 24.6. The van der Waals surface area contributed by atoms with Crippen LogP contribution in [-0.4, -0.2) is 34.6 Å². The van der Waals surface area contributed by atoms with Gasteiger partial charge in [-0.3, -0.25) is 0 Å². The van der Waals surface area contributed by atoms with Crippen LogP contribution in [0.4, 0.5) is 0 Å². The van der Waals surface area contributed by atoms with Crippen molar-refractivity contribution in [3.05, 3.63) is 0 Å². The van der Waals surface area contributed by atoms with E-state index in [9.17, 15) is 15.3 Å². The molecule has 0 amide bonds. The Balaban J connectivity index is 1.54. The summed E-state index contributed by atoms with van der Waals surface area (Å²) in [4.78, 5) is 0. The molecule has 3 N–H and O–H groups in total. The Labute approximate surface area is 203 Å². The van der Waals surface area contributed by atoms with Gasteiger partial charge in [-0.2, -0.15) is 0 Å². The Hall–Kier alpha value is -0.120. The minimum Gasteiger partial charge on any atom is -0.396 e. The lowest BCUT2D eigenvalue weighted by Crippen LogP contribution is -2.68. The molecule has 5 saturated carbocycles. The molecule has 190 valence electrons. The molecular formula is C30H52O3. The average Bonchev–Trinajstić information content (AvgIpc) is 2.79. The monoisotopic (exact) mass is 460 g/mol. The second kappa shape index (κ2) is 7.45. The number of aliphatic hydroxyl groups is 3. The van der Waals surface area contributed by atoms with E-state index in [1.807, 2.05) is 0 Å². The predicted octanol–water partition coefficient (Wildman–Crippen LogP) is 6.19. The number of hydrogen-bond donors (Lipinski definition) is 3. The summed E-state index contributed by atoms with van der Waals surface area (Å²) in [6.45, 7) is 15.6. The topological polar surface area (TPSA) is 60.7 Å². The molecule has 0 radical (unpaired) electrons. The molecule has 0 spiro atoms. The normalized spacial score (nSPS) is 60.8. The largest absolute Gasteiger partial charge is 0.396 e. The second-order valence-corrected chi connectivity index (χ2v) is 15.2. The van der Waals surface area contributed by atoms with Crippen LogP contribution < -0.4 is 0 Å². The van der Waals surface area contributed by atoms with Gasteiger partial charge in [-0.05, 0) is 127 Å². The fourth-order valence-electron chi connectivity index (χ4n) is 11.5. The number of aliphatic hydroxyl groups excluding tert-OH is 3. The summed E-state index contributed by atoms with van der Waals surface area (Å²) in [6.07, 6.45) is 12.7. The Morgan fingerprint density at radius 3 is 1.94 bits per heavy atom. The van der Waals surface area contributed by atoms with Crippen LogP contribution in [0.1, 0.15) is 112 Å². The van der Waals surface area contributed by atoms with E-state index in [-0.39, 0.29) is 39.8 Å². The van der Waals surface area contributed by atoms with Gasteiger partial charge in [0.2, 0.25) is 0 Å². The van der Waals surface area contributed by atoms with Gasteiger partial charge in [0.25, 0.3) is 0 Å². The van der Waals surface area contributed by atoms with Crippen molar-refractivity contribution >= 4 is 0 Å². The van der Waals surface area contributed by atoms with Gasteiger partial charge in [0, 0.05) is 13.2 Å². The van der Waals surface area contributed by atoms with E-state index in [4.69, 9.17) is 0 Å². The lowest BCUT2D eigenvalue weighted by molar-refractivity contribution is -0.270. The third kappa shape index (κ3) is 2.97. The molecule has 0 unspecified atom stereocenters. The average molecular weight is 461 g/mol. The highest BCUT2D eigenvalue weighted by atomic mass is 16.3. The summed E-state index contributed by atoms with van der Waals surface area (Å²) in [5.41, 5.74) is 1.19. The molecule has 0 aromatic carbocycles. The van der Waals surface area contributed by atoms with Crippen molar-refractivity contribution in [2.24, 2.45) is 56.2 Å². The highest BCUT2D eigenvalue weighted by Gasteiger charge is 2.71. The van der Waals surface area contributed by atoms with Crippen LogP contribution in [0.3, 0.4) is 0 Å². The second-order valence-electron chi connectivity index (χ2n) is 15.2.